The van der Waals surface area contributed by atoms with E-state index in [1.54, 1.807) is 6.07 Å². The molecule has 1 amide bonds. The number of carbonyl (C=O) groups excluding carboxylic acids is 1. The standard InChI is InChI=1S/C11H9ClN2O3/c1-13-10-3-2-7(4-9(10)12)14-8(5-15)6-17-11(14)16/h2-4,8,15H,5-6H2/t8-/m0/s1. The van der Waals surface area contributed by atoms with Crippen LogP contribution in [0.25, 0.3) is 4.85 Å². The van der Waals surface area contributed by atoms with Crippen LogP contribution in [-0.2, 0) is 4.74 Å². The summed E-state index contributed by atoms with van der Waals surface area (Å²) in [6.45, 7) is 6.84. The van der Waals surface area contributed by atoms with Crippen LogP contribution >= 0.6 is 11.6 Å². The molecule has 1 aliphatic rings. The van der Waals surface area contributed by atoms with Gasteiger partial charge < -0.3 is 9.84 Å². The fourth-order valence-electron chi connectivity index (χ4n) is 1.65. The van der Waals surface area contributed by atoms with Crippen molar-refractivity contribution in [2.24, 2.45) is 0 Å². The third-order valence-electron chi connectivity index (χ3n) is 2.50. The van der Waals surface area contributed by atoms with Gasteiger partial charge in [-0.3, -0.25) is 4.90 Å². The molecule has 1 atom stereocenters. The van der Waals surface area contributed by atoms with Crippen molar-refractivity contribution in [3.05, 3.63) is 34.6 Å². The van der Waals surface area contributed by atoms with E-state index in [2.05, 4.69) is 4.85 Å². The Hall–Kier alpha value is -1.77. The average Bonchev–Trinajstić information content (AvgIpc) is 2.70. The van der Waals surface area contributed by atoms with E-state index in [0.717, 1.165) is 0 Å². The first-order chi connectivity index (χ1) is 8.17. The second kappa shape index (κ2) is 4.62. The van der Waals surface area contributed by atoms with Crippen LogP contribution in [-0.4, -0.2) is 30.5 Å². The predicted molar refractivity (Wildman–Crippen MR) is 62.4 cm³/mol. The van der Waals surface area contributed by atoms with Crippen LogP contribution in [0.15, 0.2) is 18.2 Å². The van der Waals surface area contributed by atoms with Gasteiger partial charge in [0.1, 0.15) is 6.61 Å². The van der Waals surface area contributed by atoms with Gasteiger partial charge in [-0.15, -0.1) is 0 Å². The van der Waals surface area contributed by atoms with Crippen molar-refractivity contribution in [3.63, 3.8) is 0 Å². The van der Waals surface area contributed by atoms with Gasteiger partial charge in [-0.05, 0) is 12.1 Å². The molecule has 1 fully saturated rings. The summed E-state index contributed by atoms with van der Waals surface area (Å²) in [5, 5.41) is 9.40. The number of aliphatic hydroxyl groups excluding tert-OH is 1. The number of halogens is 1. The summed E-state index contributed by atoms with van der Waals surface area (Å²) in [4.78, 5) is 16.1. The van der Waals surface area contributed by atoms with Crippen molar-refractivity contribution < 1.29 is 14.6 Å². The second-order valence-electron chi connectivity index (χ2n) is 3.53. The molecule has 17 heavy (non-hydrogen) atoms. The SMILES string of the molecule is [C-]#[N+]c1ccc(N2C(=O)OC[C@@H]2CO)cc1Cl. The smallest absolute Gasteiger partial charge is 0.414 e. The molecule has 0 bridgehead atoms. The number of hydrogen-bond acceptors (Lipinski definition) is 3. The molecule has 1 saturated heterocycles. The lowest BCUT2D eigenvalue weighted by atomic mass is 10.2. The fraction of sp³-hybridized carbons (Fsp3) is 0.273. The van der Waals surface area contributed by atoms with E-state index in [0.29, 0.717) is 11.4 Å². The van der Waals surface area contributed by atoms with Crippen LogP contribution in [0.2, 0.25) is 5.02 Å². The molecule has 88 valence electrons. The average molecular weight is 253 g/mol. The molecule has 0 aromatic heterocycles. The van der Waals surface area contributed by atoms with Gasteiger partial charge in [0.25, 0.3) is 0 Å². The Morgan fingerprint density at radius 1 is 1.65 bits per heavy atom. The lowest BCUT2D eigenvalue weighted by molar-refractivity contribution is 0.174. The molecule has 1 N–H and O–H groups in total. The number of hydrogen-bond donors (Lipinski definition) is 1. The van der Waals surface area contributed by atoms with E-state index in [4.69, 9.17) is 28.0 Å². The van der Waals surface area contributed by atoms with Crippen LogP contribution in [0.3, 0.4) is 0 Å². The van der Waals surface area contributed by atoms with Gasteiger partial charge >= 0.3 is 6.09 Å². The number of amides is 1. The number of rotatable bonds is 2. The highest BCUT2D eigenvalue weighted by Gasteiger charge is 2.33. The molecular weight excluding hydrogens is 244 g/mol. The van der Waals surface area contributed by atoms with Gasteiger partial charge in [0, 0.05) is 10.7 Å². The first kappa shape index (κ1) is 11.7. The Kier molecular flexibility index (Phi) is 3.18. The molecule has 2 rings (SSSR count). The van der Waals surface area contributed by atoms with Crippen molar-refractivity contribution in [2.45, 2.75) is 6.04 Å². The zero-order chi connectivity index (χ0) is 12.4. The van der Waals surface area contributed by atoms with Crippen LogP contribution in [0.5, 0.6) is 0 Å². The lowest BCUT2D eigenvalue weighted by Gasteiger charge is -2.19. The Balaban J connectivity index is 2.37. The topological polar surface area (TPSA) is 54.1 Å². The van der Waals surface area contributed by atoms with Gasteiger partial charge in [0.2, 0.25) is 5.69 Å². The van der Waals surface area contributed by atoms with Crippen LogP contribution in [0.4, 0.5) is 16.2 Å². The van der Waals surface area contributed by atoms with E-state index in [9.17, 15) is 4.79 Å². The first-order valence-electron chi connectivity index (χ1n) is 4.91. The normalized spacial score (nSPS) is 19.0. The van der Waals surface area contributed by atoms with Gasteiger partial charge in [0.15, 0.2) is 0 Å². The van der Waals surface area contributed by atoms with Crippen molar-refractivity contribution in [1.29, 1.82) is 0 Å². The quantitative estimate of drug-likeness (QED) is 0.821. The van der Waals surface area contributed by atoms with Gasteiger partial charge in [-0.1, -0.05) is 17.7 Å². The van der Waals surface area contributed by atoms with Crippen molar-refractivity contribution in [2.75, 3.05) is 18.1 Å². The maximum absolute atomic E-state index is 11.5. The summed E-state index contributed by atoms with van der Waals surface area (Å²) >= 11 is 5.89. The second-order valence-corrected chi connectivity index (χ2v) is 3.94. The maximum Gasteiger partial charge on any atom is 0.414 e. The first-order valence-corrected chi connectivity index (χ1v) is 5.29. The molecule has 0 unspecified atom stereocenters. The molecule has 1 aromatic carbocycles. The summed E-state index contributed by atoms with van der Waals surface area (Å²) in [5.74, 6) is 0. The zero-order valence-electron chi connectivity index (χ0n) is 8.76. The Morgan fingerprint density at radius 2 is 2.41 bits per heavy atom. The van der Waals surface area contributed by atoms with Crippen LogP contribution < -0.4 is 4.90 Å². The number of cyclic esters (lactones) is 1. The Morgan fingerprint density at radius 3 is 3.00 bits per heavy atom. The van der Waals surface area contributed by atoms with E-state index in [1.165, 1.54) is 17.0 Å². The largest absolute Gasteiger partial charge is 0.447 e. The number of nitrogens with zero attached hydrogens (tertiary/aromatic N) is 2. The molecule has 0 aliphatic carbocycles. The molecular formula is C11H9ClN2O3. The molecule has 1 aromatic rings. The summed E-state index contributed by atoms with van der Waals surface area (Å²) in [7, 11) is 0. The summed E-state index contributed by atoms with van der Waals surface area (Å²) in [5.41, 5.74) is 0.840. The maximum atomic E-state index is 11.5. The minimum atomic E-state index is -0.518. The summed E-state index contributed by atoms with van der Waals surface area (Å²) in [6.07, 6.45) is -0.518. The number of carbonyl (C=O) groups is 1. The van der Waals surface area contributed by atoms with E-state index < -0.39 is 12.1 Å². The fourth-order valence-corrected chi connectivity index (χ4v) is 1.86. The van der Waals surface area contributed by atoms with E-state index >= 15 is 0 Å². The third kappa shape index (κ3) is 2.05. The van der Waals surface area contributed by atoms with Crippen molar-refractivity contribution in [3.8, 4) is 0 Å². The highest BCUT2D eigenvalue weighted by molar-refractivity contribution is 6.33. The van der Waals surface area contributed by atoms with E-state index in [-0.39, 0.29) is 18.2 Å². The predicted octanol–water partition coefficient (Wildman–Crippen LogP) is 2.21. The third-order valence-corrected chi connectivity index (χ3v) is 2.80. The molecule has 0 radical (unpaired) electrons. The monoisotopic (exact) mass is 252 g/mol. The molecule has 1 aliphatic heterocycles. The van der Waals surface area contributed by atoms with Crippen LogP contribution in [0, 0.1) is 6.57 Å². The summed E-state index contributed by atoms with van der Waals surface area (Å²) in [6, 6.07) is 4.25. The number of anilines is 1. The lowest BCUT2D eigenvalue weighted by Crippen LogP contribution is -2.35. The molecule has 6 heteroatoms. The summed E-state index contributed by atoms with van der Waals surface area (Å²) < 4.78 is 4.84. The van der Waals surface area contributed by atoms with Crippen molar-refractivity contribution >= 4 is 29.1 Å². The van der Waals surface area contributed by atoms with Gasteiger partial charge in [-0.25, -0.2) is 9.64 Å². The van der Waals surface area contributed by atoms with Gasteiger partial charge in [0.05, 0.1) is 19.2 Å². The molecule has 0 spiro atoms. The highest BCUT2D eigenvalue weighted by atomic mass is 35.5. The van der Waals surface area contributed by atoms with Crippen molar-refractivity contribution in [1.82, 2.24) is 0 Å². The molecule has 0 saturated carbocycles. The number of aliphatic hydroxyl groups is 1. The zero-order valence-corrected chi connectivity index (χ0v) is 9.52. The minimum absolute atomic E-state index is 0.150. The Labute approximate surface area is 103 Å². The van der Waals surface area contributed by atoms with E-state index in [1.807, 2.05) is 0 Å². The molecule has 5 nitrogen and oxygen atoms in total. The highest BCUT2D eigenvalue weighted by Crippen LogP contribution is 2.32. The number of ether oxygens (including phenoxy) is 1. The minimum Gasteiger partial charge on any atom is -0.447 e. The number of benzene rings is 1. The van der Waals surface area contributed by atoms with Crippen LogP contribution in [0.1, 0.15) is 0 Å². The Bertz CT molecular complexity index is 498. The van der Waals surface area contributed by atoms with Gasteiger partial charge in [-0.2, -0.15) is 0 Å². The molecule has 1 heterocycles.